The van der Waals surface area contributed by atoms with Gasteiger partial charge in [0.2, 0.25) is 0 Å². The zero-order valence-corrected chi connectivity index (χ0v) is 15.5. The van der Waals surface area contributed by atoms with E-state index in [-0.39, 0.29) is 23.1 Å². The van der Waals surface area contributed by atoms with Gasteiger partial charge in [-0.1, -0.05) is 32.0 Å². The first-order chi connectivity index (χ1) is 12.5. The standard InChI is InChI=1S/C20H25N3O3/c1-4-11-23(12-5-2)19(25)16-13-17(20(26)22(3)14-16)21-18(24)15-9-7-6-8-10-15/h6-10,13-14H,4-5,11-12H2,1-3H3,(H,21,24). The number of amides is 2. The fraction of sp³-hybridized carbons (Fsp3) is 0.350. The number of aromatic nitrogens is 1. The van der Waals surface area contributed by atoms with Crippen LogP contribution in [-0.4, -0.2) is 34.4 Å². The minimum absolute atomic E-state index is 0.0974. The number of rotatable bonds is 7. The summed E-state index contributed by atoms with van der Waals surface area (Å²) in [6.45, 7) is 5.34. The molecular weight excluding hydrogens is 330 g/mol. The number of benzene rings is 1. The van der Waals surface area contributed by atoms with Crippen LogP contribution < -0.4 is 10.9 Å². The van der Waals surface area contributed by atoms with Gasteiger partial charge in [-0.25, -0.2) is 0 Å². The summed E-state index contributed by atoms with van der Waals surface area (Å²) in [7, 11) is 1.57. The molecule has 0 saturated carbocycles. The summed E-state index contributed by atoms with van der Waals surface area (Å²) in [6.07, 6.45) is 3.23. The molecule has 2 rings (SSSR count). The smallest absolute Gasteiger partial charge is 0.274 e. The molecule has 26 heavy (non-hydrogen) atoms. The lowest BCUT2D eigenvalue weighted by Crippen LogP contribution is -2.34. The second kappa shape index (κ2) is 8.99. The fourth-order valence-electron chi connectivity index (χ4n) is 2.74. The zero-order valence-electron chi connectivity index (χ0n) is 15.5. The van der Waals surface area contributed by atoms with Crippen LogP contribution in [0.1, 0.15) is 47.4 Å². The Morgan fingerprint density at radius 2 is 1.65 bits per heavy atom. The van der Waals surface area contributed by atoms with E-state index in [0.29, 0.717) is 24.2 Å². The van der Waals surface area contributed by atoms with Crippen LogP contribution in [0.4, 0.5) is 5.69 Å². The third-order valence-corrected chi connectivity index (χ3v) is 3.99. The van der Waals surface area contributed by atoms with Crippen molar-refractivity contribution in [2.75, 3.05) is 18.4 Å². The van der Waals surface area contributed by atoms with E-state index in [1.807, 2.05) is 19.9 Å². The second-order valence-corrected chi connectivity index (χ2v) is 6.17. The van der Waals surface area contributed by atoms with Crippen LogP contribution in [-0.2, 0) is 7.05 Å². The number of nitrogens with one attached hydrogen (secondary N) is 1. The molecule has 1 N–H and O–H groups in total. The molecule has 1 aromatic carbocycles. The lowest BCUT2D eigenvalue weighted by atomic mass is 10.2. The van der Waals surface area contributed by atoms with E-state index < -0.39 is 0 Å². The summed E-state index contributed by atoms with van der Waals surface area (Å²) >= 11 is 0. The van der Waals surface area contributed by atoms with Gasteiger partial charge in [0.15, 0.2) is 0 Å². The van der Waals surface area contributed by atoms with E-state index in [2.05, 4.69) is 5.32 Å². The van der Waals surface area contributed by atoms with Crippen LogP contribution in [0.2, 0.25) is 0 Å². The highest BCUT2D eigenvalue weighted by Crippen LogP contribution is 2.11. The van der Waals surface area contributed by atoms with Gasteiger partial charge in [-0.2, -0.15) is 0 Å². The predicted octanol–water partition coefficient (Wildman–Crippen LogP) is 2.90. The van der Waals surface area contributed by atoms with Crippen LogP contribution >= 0.6 is 0 Å². The number of carbonyl (C=O) groups is 2. The average Bonchev–Trinajstić information content (AvgIpc) is 2.65. The molecule has 0 fully saturated rings. The summed E-state index contributed by atoms with van der Waals surface area (Å²) < 4.78 is 1.32. The van der Waals surface area contributed by atoms with Crippen molar-refractivity contribution in [3.05, 3.63) is 64.1 Å². The van der Waals surface area contributed by atoms with E-state index in [1.165, 1.54) is 16.8 Å². The van der Waals surface area contributed by atoms with Gasteiger partial charge in [-0.15, -0.1) is 0 Å². The SMILES string of the molecule is CCCN(CCC)C(=O)c1cc(NC(=O)c2ccccc2)c(=O)n(C)c1. The highest BCUT2D eigenvalue weighted by Gasteiger charge is 2.18. The van der Waals surface area contributed by atoms with Crippen molar-refractivity contribution in [1.29, 1.82) is 0 Å². The van der Waals surface area contributed by atoms with Gasteiger partial charge in [-0.05, 0) is 31.0 Å². The summed E-state index contributed by atoms with van der Waals surface area (Å²) in [5.41, 5.74) is 0.575. The maximum Gasteiger partial charge on any atom is 0.274 e. The molecule has 0 atom stereocenters. The molecule has 138 valence electrons. The van der Waals surface area contributed by atoms with Crippen LogP contribution in [0.5, 0.6) is 0 Å². The monoisotopic (exact) mass is 355 g/mol. The Hall–Kier alpha value is -2.89. The number of carbonyl (C=O) groups excluding carboxylic acids is 2. The number of hydrogen-bond acceptors (Lipinski definition) is 3. The maximum absolute atomic E-state index is 12.8. The van der Waals surface area contributed by atoms with Crippen molar-refractivity contribution in [3.8, 4) is 0 Å². The third kappa shape index (κ3) is 4.59. The molecule has 0 radical (unpaired) electrons. The second-order valence-electron chi connectivity index (χ2n) is 6.17. The predicted molar refractivity (Wildman–Crippen MR) is 103 cm³/mol. The molecule has 0 spiro atoms. The van der Waals surface area contributed by atoms with Gasteiger partial charge in [0.25, 0.3) is 17.4 Å². The molecule has 0 bridgehead atoms. The van der Waals surface area contributed by atoms with E-state index in [4.69, 9.17) is 0 Å². The molecule has 1 heterocycles. The first kappa shape index (κ1) is 19.4. The highest BCUT2D eigenvalue weighted by molar-refractivity contribution is 6.04. The van der Waals surface area contributed by atoms with Crippen LogP contribution in [0.25, 0.3) is 0 Å². The van der Waals surface area contributed by atoms with Crippen molar-refractivity contribution in [3.63, 3.8) is 0 Å². The summed E-state index contributed by atoms with van der Waals surface area (Å²) in [5, 5.41) is 2.62. The van der Waals surface area contributed by atoms with Gasteiger partial charge in [0, 0.05) is 31.9 Å². The van der Waals surface area contributed by atoms with Gasteiger partial charge in [-0.3, -0.25) is 14.4 Å². The number of aryl methyl sites for hydroxylation is 1. The summed E-state index contributed by atoms with van der Waals surface area (Å²) in [5.74, 6) is -0.522. The van der Waals surface area contributed by atoms with E-state index in [1.54, 1.807) is 36.2 Å². The van der Waals surface area contributed by atoms with Crippen molar-refractivity contribution >= 4 is 17.5 Å². The minimum atomic E-state index is -0.383. The Kier molecular flexibility index (Phi) is 6.72. The van der Waals surface area contributed by atoms with Gasteiger partial charge in [0.05, 0.1) is 5.56 Å². The Bertz CT molecular complexity index is 822. The van der Waals surface area contributed by atoms with E-state index >= 15 is 0 Å². The first-order valence-corrected chi connectivity index (χ1v) is 8.84. The van der Waals surface area contributed by atoms with Crippen molar-refractivity contribution in [1.82, 2.24) is 9.47 Å². The Balaban J connectivity index is 2.32. The zero-order chi connectivity index (χ0) is 19.1. The molecule has 0 saturated heterocycles. The van der Waals surface area contributed by atoms with E-state index in [0.717, 1.165) is 12.8 Å². The molecule has 0 unspecified atom stereocenters. The van der Waals surface area contributed by atoms with Crippen molar-refractivity contribution in [2.24, 2.45) is 7.05 Å². The Morgan fingerprint density at radius 1 is 1.04 bits per heavy atom. The van der Waals surface area contributed by atoms with E-state index in [9.17, 15) is 14.4 Å². The molecule has 0 aliphatic rings. The molecule has 2 aromatic rings. The molecule has 6 nitrogen and oxygen atoms in total. The molecular formula is C20H25N3O3. The third-order valence-electron chi connectivity index (χ3n) is 3.99. The number of pyridine rings is 1. The molecule has 2 amide bonds. The molecule has 0 aliphatic carbocycles. The Morgan fingerprint density at radius 3 is 2.23 bits per heavy atom. The number of nitrogens with zero attached hydrogens (tertiary/aromatic N) is 2. The summed E-state index contributed by atoms with van der Waals surface area (Å²) in [6, 6.07) is 10.1. The maximum atomic E-state index is 12.8. The highest BCUT2D eigenvalue weighted by atomic mass is 16.2. The lowest BCUT2D eigenvalue weighted by molar-refractivity contribution is 0.0754. The fourth-order valence-corrected chi connectivity index (χ4v) is 2.74. The lowest BCUT2D eigenvalue weighted by Gasteiger charge is -2.22. The van der Waals surface area contributed by atoms with Gasteiger partial charge in [0.1, 0.15) is 5.69 Å². The molecule has 6 heteroatoms. The number of anilines is 1. The normalized spacial score (nSPS) is 10.4. The topological polar surface area (TPSA) is 71.4 Å². The molecule has 0 aliphatic heterocycles. The largest absolute Gasteiger partial charge is 0.339 e. The first-order valence-electron chi connectivity index (χ1n) is 8.84. The number of hydrogen-bond donors (Lipinski definition) is 1. The van der Waals surface area contributed by atoms with Crippen molar-refractivity contribution < 1.29 is 9.59 Å². The van der Waals surface area contributed by atoms with Crippen molar-refractivity contribution in [2.45, 2.75) is 26.7 Å². The van der Waals surface area contributed by atoms with Gasteiger partial charge < -0.3 is 14.8 Å². The quantitative estimate of drug-likeness (QED) is 0.830. The minimum Gasteiger partial charge on any atom is -0.339 e. The van der Waals surface area contributed by atoms with Gasteiger partial charge >= 0.3 is 0 Å². The van der Waals surface area contributed by atoms with Crippen LogP contribution in [0.3, 0.4) is 0 Å². The average molecular weight is 355 g/mol. The Labute approximate surface area is 153 Å². The summed E-state index contributed by atoms with van der Waals surface area (Å²) in [4.78, 5) is 39.3. The van der Waals surface area contributed by atoms with Crippen LogP contribution in [0, 0.1) is 0 Å². The molecule has 1 aromatic heterocycles. The van der Waals surface area contributed by atoms with Crippen LogP contribution in [0.15, 0.2) is 47.4 Å².